The summed E-state index contributed by atoms with van der Waals surface area (Å²) >= 11 is 0. The summed E-state index contributed by atoms with van der Waals surface area (Å²) in [6.07, 6.45) is 2.75. The highest BCUT2D eigenvalue weighted by atomic mass is 15.3. The molecule has 2 nitrogen and oxygen atoms in total. The zero-order chi connectivity index (χ0) is 10.1. The summed E-state index contributed by atoms with van der Waals surface area (Å²) in [4.78, 5) is 2.67. The molecular formula is C13H18N2. The van der Waals surface area contributed by atoms with Crippen LogP contribution in [-0.4, -0.2) is 30.1 Å². The molecule has 2 heterocycles. The molecule has 80 valence electrons. The van der Waals surface area contributed by atoms with Crippen LogP contribution in [0.15, 0.2) is 30.3 Å². The standard InChI is InChI=1S/C13H18N2/c1-2-5-12(6-3-1)9-15-8-4-7-13(15)10-14-11-13/h1-3,5-6,14H,4,7-11H2. The third-order valence-electron chi connectivity index (χ3n) is 3.87. The normalized spacial score (nSPS) is 24.3. The zero-order valence-corrected chi connectivity index (χ0v) is 9.08. The third-order valence-corrected chi connectivity index (χ3v) is 3.87. The first-order valence-corrected chi connectivity index (χ1v) is 5.89. The summed E-state index contributed by atoms with van der Waals surface area (Å²) < 4.78 is 0. The molecule has 0 aliphatic carbocycles. The number of likely N-dealkylation sites (tertiary alicyclic amines) is 1. The first-order chi connectivity index (χ1) is 7.39. The monoisotopic (exact) mass is 202 g/mol. The molecule has 15 heavy (non-hydrogen) atoms. The Labute approximate surface area is 91.3 Å². The Kier molecular flexibility index (Phi) is 2.26. The van der Waals surface area contributed by atoms with Gasteiger partial charge in [0.1, 0.15) is 0 Å². The van der Waals surface area contributed by atoms with Crippen molar-refractivity contribution in [2.75, 3.05) is 19.6 Å². The lowest BCUT2D eigenvalue weighted by Gasteiger charge is -2.46. The highest BCUT2D eigenvalue weighted by molar-refractivity contribution is 5.16. The maximum atomic E-state index is 3.42. The fraction of sp³-hybridized carbons (Fsp3) is 0.538. The van der Waals surface area contributed by atoms with Crippen LogP contribution in [0.25, 0.3) is 0 Å². The largest absolute Gasteiger partial charge is 0.313 e. The van der Waals surface area contributed by atoms with Crippen molar-refractivity contribution in [2.45, 2.75) is 24.9 Å². The predicted octanol–water partition coefficient (Wildman–Crippen LogP) is 1.62. The second-order valence-corrected chi connectivity index (χ2v) is 4.84. The van der Waals surface area contributed by atoms with Crippen molar-refractivity contribution in [3.63, 3.8) is 0 Å². The van der Waals surface area contributed by atoms with Crippen LogP contribution in [0, 0.1) is 0 Å². The van der Waals surface area contributed by atoms with Crippen molar-refractivity contribution in [1.82, 2.24) is 10.2 Å². The molecule has 3 rings (SSSR count). The van der Waals surface area contributed by atoms with Crippen molar-refractivity contribution in [2.24, 2.45) is 0 Å². The van der Waals surface area contributed by atoms with Crippen LogP contribution in [-0.2, 0) is 6.54 Å². The average Bonchev–Trinajstić information content (AvgIpc) is 2.62. The number of nitrogens with zero attached hydrogens (tertiary/aromatic N) is 1. The Bertz CT molecular complexity index is 330. The van der Waals surface area contributed by atoms with E-state index < -0.39 is 0 Å². The predicted molar refractivity (Wildman–Crippen MR) is 61.7 cm³/mol. The van der Waals surface area contributed by atoms with E-state index in [1.807, 2.05) is 0 Å². The van der Waals surface area contributed by atoms with E-state index in [4.69, 9.17) is 0 Å². The van der Waals surface area contributed by atoms with Gasteiger partial charge in [-0.2, -0.15) is 0 Å². The summed E-state index contributed by atoms with van der Waals surface area (Å²) in [5.74, 6) is 0. The van der Waals surface area contributed by atoms with Gasteiger partial charge in [0.25, 0.3) is 0 Å². The summed E-state index contributed by atoms with van der Waals surface area (Å²) in [7, 11) is 0. The highest BCUT2D eigenvalue weighted by Crippen LogP contribution is 2.33. The second-order valence-electron chi connectivity index (χ2n) is 4.84. The SMILES string of the molecule is c1ccc(CN2CCCC23CNC3)cc1. The zero-order valence-electron chi connectivity index (χ0n) is 9.08. The minimum absolute atomic E-state index is 0.510. The van der Waals surface area contributed by atoms with Crippen LogP contribution in [0.1, 0.15) is 18.4 Å². The number of hydrogen-bond acceptors (Lipinski definition) is 2. The fourth-order valence-corrected chi connectivity index (χ4v) is 2.86. The molecule has 0 radical (unpaired) electrons. The lowest BCUT2D eigenvalue weighted by molar-refractivity contribution is 0.0725. The average molecular weight is 202 g/mol. The number of nitrogens with one attached hydrogen (secondary N) is 1. The topological polar surface area (TPSA) is 15.3 Å². The van der Waals surface area contributed by atoms with Gasteiger partial charge in [0.15, 0.2) is 0 Å². The van der Waals surface area contributed by atoms with E-state index in [0.29, 0.717) is 5.54 Å². The Balaban J connectivity index is 1.73. The van der Waals surface area contributed by atoms with Crippen LogP contribution >= 0.6 is 0 Å². The van der Waals surface area contributed by atoms with Gasteiger partial charge >= 0.3 is 0 Å². The van der Waals surface area contributed by atoms with E-state index >= 15 is 0 Å². The molecule has 2 saturated heterocycles. The van der Waals surface area contributed by atoms with Gasteiger partial charge in [-0.15, -0.1) is 0 Å². The molecule has 2 fully saturated rings. The molecule has 1 aromatic rings. The Morgan fingerprint density at radius 2 is 2.00 bits per heavy atom. The molecule has 1 aromatic carbocycles. The van der Waals surface area contributed by atoms with Crippen molar-refractivity contribution in [1.29, 1.82) is 0 Å². The first-order valence-electron chi connectivity index (χ1n) is 5.89. The summed E-state index contributed by atoms with van der Waals surface area (Å²) in [5, 5.41) is 3.42. The Morgan fingerprint density at radius 1 is 1.20 bits per heavy atom. The van der Waals surface area contributed by atoms with Crippen molar-refractivity contribution in [3.05, 3.63) is 35.9 Å². The van der Waals surface area contributed by atoms with Crippen molar-refractivity contribution in [3.8, 4) is 0 Å². The molecule has 0 unspecified atom stereocenters. The number of rotatable bonds is 2. The van der Waals surface area contributed by atoms with E-state index in [0.717, 1.165) is 6.54 Å². The number of benzene rings is 1. The highest BCUT2D eigenvalue weighted by Gasteiger charge is 2.45. The second kappa shape index (κ2) is 3.62. The van der Waals surface area contributed by atoms with Gasteiger partial charge in [-0.05, 0) is 24.9 Å². The summed E-state index contributed by atoms with van der Waals surface area (Å²) in [5.41, 5.74) is 1.96. The third kappa shape index (κ3) is 1.58. The lowest BCUT2D eigenvalue weighted by Crippen LogP contribution is -2.65. The van der Waals surface area contributed by atoms with Crippen LogP contribution in [0.5, 0.6) is 0 Å². The van der Waals surface area contributed by atoms with Crippen molar-refractivity contribution < 1.29 is 0 Å². The van der Waals surface area contributed by atoms with Gasteiger partial charge in [0.05, 0.1) is 0 Å². The van der Waals surface area contributed by atoms with Gasteiger partial charge in [-0.1, -0.05) is 30.3 Å². The molecule has 0 bridgehead atoms. The van der Waals surface area contributed by atoms with Gasteiger partial charge in [0, 0.05) is 25.2 Å². The first kappa shape index (κ1) is 9.37. The quantitative estimate of drug-likeness (QED) is 0.784. The smallest absolute Gasteiger partial charge is 0.0462 e. The Morgan fingerprint density at radius 3 is 2.67 bits per heavy atom. The maximum absolute atomic E-state index is 3.42. The van der Waals surface area contributed by atoms with E-state index in [1.165, 1.54) is 38.0 Å². The molecule has 2 heteroatoms. The van der Waals surface area contributed by atoms with E-state index in [-0.39, 0.29) is 0 Å². The Hall–Kier alpha value is -0.860. The van der Waals surface area contributed by atoms with Crippen molar-refractivity contribution >= 4 is 0 Å². The molecule has 2 aliphatic rings. The van der Waals surface area contributed by atoms with Crippen LogP contribution in [0.2, 0.25) is 0 Å². The lowest BCUT2D eigenvalue weighted by atomic mass is 9.89. The molecule has 0 saturated carbocycles. The minimum atomic E-state index is 0.510. The van der Waals surface area contributed by atoms with Gasteiger partial charge < -0.3 is 5.32 Å². The van der Waals surface area contributed by atoms with Gasteiger partial charge in [-0.25, -0.2) is 0 Å². The molecule has 2 aliphatic heterocycles. The minimum Gasteiger partial charge on any atom is -0.313 e. The summed E-state index contributed by atoms with van der Waals surface area (Å²) in [6.45, 7) is 4.79. The molecule has 0 aromatic heterocycles. The van der Waals surface area contributed by atoms with E-state index in [9.17, 15) is 0 Å². The van der Waals surface area contributed by atoms with E-state index in [1.54, 1.807) is 0 Å². The molecule has 0 amide bonds. The molecular weight excluding hydrogens is 184 g/mol. The number of hydrogen-bond donors (Lipinski definition) is 1. The fourth-order valence-electron chi connectivity index (χ4n) is 2.86. The van der Waals surface area contributed by atoms with Crippen LogP contribution < -0.4 is 5.32 Å². The molecule has 1 N–H and O–H groups in total. The van der Waals surface area contributed by atoms with Gasteiger partial charge in [0.2, 0.25) is 0 Å². The summed E-state index contributed by atoms with van der Waals surface area (Å²) in [6, 6.07) is 10.8. The molecule has 1 spiro atoms. The van der Waals surface area contributed by atoms with Crippen LogP contribution in [0.4, 0.5) is 0 Å². The maximum Gasteiger partial charge on any atom is 0.0462 e. The van der Waals surface area contributed by atoms with E-state index in [2.05, 4.69) is 40.5 Å². The molecule has 0 atom stereocenters. The van der Waals surface area contributed by atoms with Crippen LogP contribution in [0.3, 0.4) is 0 Å². The van der Waals surface area contributed by atoms with Gasteiger partial charge in [-0.3, -0.25) is 4.90 Å².